The summed E-state index contributed by atoms with van der Waals surface area (Å²) in [5.74, 6) is -2.55. The van der Waals surface area contributed by atoms with Crippen molar-refractivity contribution in [1.29, 1.82) is 0 Å². The Balaban J connectivity index is 1.28. The first kappa shape index (κ1) is 21.6. The molecule has 11 heteroatoms. The Morgan fingerprint density at radius 1 is 1.06 bits per heavy atom. The Morgan fingerprint density at radius 3 is 2.35 bits per heavy atom. The highest BCUT2D eigenvalue weighted by atomic mass is 16.6. The van der Waals surface area contributed by atoms with Crippen LogP contribution in [0.25, 0.3) is 11.1 Å². The number of carboxylic acids is 1. The molecule has 1 aliphatic carbocycles. The summed E-state index contributed by atoms with van der Waals surface area (Å²) in [6.07, 6.45) is -1.96. The topological polar surface area (TPSA) is 155 Å². The standard InChI is InChI=1S/C23H20N4O7/c28-12-9-18(22(30)31)27(10-12)21(29)19-20(26-34-25-19)24-23(32)33-11-17-15-7-3-1-5-13(15)14-6-2-4-8-16(14)17/h1-8,12,17-18,28H,9-11H2,(H,30,31)(H,24,26,32)/t12-,18+/m1/s1. The van der Waals surface area contributed by atoms with E-state index in [0.717, 1.165) is 27.2 Å². The number of β-amino-alcohol motifs (C(OH)–C–C–N with tert-alkyl or cyclic N) is 1. The van der Waals surface area contributed by atoms with Gasteiger partial charge in [-0.25, -0.2) is 14.2 Å². The number of likely N-dealkylation sites (tertiary alicyclic amines) is 1. The lowest BCUT2D eigenvalue weighted by Gasteiger charge is -2.19. The molecule has 3 aromatic rings. The van der Waals surface area contributed by atoms with E-state index in [1.54, 1.807) is 0 Å². The molecule has 2 atom stereocenters. The van der Waals surface area contributed by atoms with E-state index in [1.807, 2.05) is 48.5 Å². The molecule has 2 heterocycles. The van der Waals surface area contributed by atoms with Crippen LogP contribution in [0.3, 0.4) is 0 Å². The van der Waals surface area contributed by atoms with Crippen molar-refractivity contribution in [2.75, 3.05) is 18.5 Å². The predicted molar refractivity (Wildman–Crippen MR) is 116 cm³/mol. The molecule has 0 saturated carbocycles. The van der Waals surface area contributed by atoms with Crippen LogP contribution in [0.2, 0.25) is 0 Å². The minimum atomic E-state index is -1.26. The SMILES string of the molecule is O=C(Nc1nonc1C(=O)N1C[C@H](O)C[C@H]1C(=O)O)OCC1c2ccccc2-c2ccccc21. The first-order valence-corrected chi connectivity index (χ1v) is 10.6. The fraction of sp³-hybridized carbons (Fsp3) is 0.261. The summed E-state index contributed by atoms with van der Waals surface area (Å²) in [5, 5.41) is 28.5. The number of aromatic nitrogens is 2. The zero-order valence-corrected chi connectivity index (χ0v) is 17.7. The first-order chi connectivity index (χ1) is 16.4. The van der Waals surface area contributed by atoms with Crippen molar-refractivity contribution < 1.29 is 34.0 Å². The molecule has 2 aromatic carbocycles. The Kier molecular flexibility index (Phi) is 5.46. The molecule has 0 unspecified atom stereocenters. The second kappa shape index (κ2) is 8.60. The van der Waals surface area contributed by atoms with E-state index >= 15 is 0 Å². The molecular weight excluding hydrogens is 444 g/mol. The van der Waals surface area contributed by atoms with Gasteiger partial charge in [-0.2, -0.15) is 0 Å². The van der Waals surface area contributed by atoms with Crippen LogP contribution in [0.4, 0.5) is 10.6 Å². The highest BCUT2D eigenvalue weighted by molar-refractivity contribution is 6.01. The van der Waals surface area contributed by atoms with Crippen molar-refractivity contribution >= 4 is 23.8 Å². The average molecular weight is 464 g/mol. The van der Waals surface area contributed by atoms with Gasteiger partial charge in [0.15, 0.2) is 0 Å². The molecule has 0 bridgehead atoms. The molecule has 34 heavy (non-hydrogen) atoms. The summed E-state index contributed by atoms with van der Waals surface area (Å²) < 4.78 is 10.0. The van der Waals surface area contributed by atoms with Crippen molar-refractivity contribution in [2.24, 2.45) is 0 Å². The highest BCUT2D eigenvalue weighted by Gasteiger charge is 2.41. The van der Waals surface area contributed by atoms with Gasteiger partial charge in [0.25, 0.3) is 5.91 Å². The third-order valence-corrected chi connectivity index (χ3v) is 6.08. The van der Waals surface area contributed by atoms with Gasteiger partial charge in [-0.1, -0.05) is 48.5 Å². The van der Waals surface area contributed by atoms with E-state index in [9.17, 15) is 24.6 Å². The fourth-order valence-corrected chi connectivity index (χ4v) is 4.55. The molecule has 5 rings (SSSR count). The van der Waals surface area contributed by atoms with Crippen molar-refractivity contribution in [3.05, 3.63) is 65.4 Å². The van der Waals surface area contributed by atoms with Gasteiger partial charge in [-0.05, 0) is 32.6 Å². The van der Waals surface area contributed by atoms with Crippen LogP contribution in [0, 0.1) is 0 Å². The van der Waals surface area contributed by atoms with Crippen LogP contribution >= 0.6 is 0 Å². The first-order valence-electron chi connectivity index (χ1n) is 10.6. The molecule has 2 aliphatic rings. The molecule has 11 nitrogen and oxygen atoms in total. The van der Waals surface area contributed by atoms with Crippen LogP contribution in [-0.2, 0) is 9.53 Å². The number of aliphatic hydroxyl groups is 1. The monoisotopic (exact) mass is 464 g/mol. The van der Waals surface area contributed by atoms with Gasteiger partial charge in [0, 0.05) is 18.9 Å². The number of fused-ring (bicyclic) bond motifs is 3. The number of nitrogens with one attached hydrogen (secondary N) is 1. The lowest BCUT2D eigenvalue weighted by molar-refractivity contribution is -0.141. The zero-order chi connectivity index (χ0) is 23.8. The van der Waals surface area contributed by atoms with Crippen LogP contribution in [-0.4, -0.2) is 68.7 Å². The van der Waals surface area contributed by atoms with Gasteiger partial charge in [0.2, 0.25) is 11.5 Å². The van der Waals surface area contributed by atoms with E-state index in [0.29, 0.717) is 0 Å². The van der Waals surface area contributed by atoms with Gasteiger partial charge >= 0.3 is 12.1 Å². The summed E-state index contributed by atoms with van der Waals surface area (Å²) in [6.45, 7) is -0.138. The summed E-state index contributed by atoms with van der Waals surface area (Å²) in [5.41, 5.74) is 3.88. The maximum absolute atomic E-state index is 12.8. The van der Waals surface area contributed by atoms with Crippen molar-refractivity contribution in [3.8, 4) is 11.1 Å². The molecule has 1 fully saturated rings. The summed E-state index contributed by atoms with van der Waals surface area (Å²) in [4.78, 5) is 37.7. The number of nitrogens with zero attached hydrogens (tertiary/aromatic N) is 3. The Bertz CT molecular complexity index is 1230. The number of carbonyl (C=O) groups is 3. The maximum Gasteiger partial charge on any atom is 0.412 e. The average Bonchev–Trinajstić information content (AvgIpc) is 3.53. The smallest absolute Gasteiger partial charge is 0.412 e. The molecule has 174 valence electrons. The number of hydrogen-bond acceptors (Lipinski definition) is 8. The zero-order valence-electron chi connectivity index (χ0n) is 17.7. The van der Waals surface area contributed by atoms with Crippen LogP contribution < -0.4 is 5.32 Å². The number of anilines is 1. The number of carbonyl (C=O) groups excluding carboxylic acids is 2. The van der Waals surface area contributed by atoms with Crippen LogP contribution in [0.1, 0.15) is 34.0 Å². The molecule has 2 amide bonds. The minimum absolute atomic E-state index is 0.0494. The second-order valence-corrected chi connectivity index (χ2v) is 8.11. The number of aliphatic hydroxyl groups excluding tert-OH is 1. The van der Waals surface area contributed by atoms with Gasteiger partial charge in [0.05, 0.1) is 6.10 Å². The minimum Gasteiger partial charge on any atom is -0.480 e. The van der Waals surface area contributed by atoms with E-state index in [-0.39, 0.29) is 37.0 Å². The lowest BCUT2D eigenvalue weighted by atomic mass is 9.98. The number of carboxylic acid groups (broad SMARTS) is 1. The van der Waals surface area contributed by atoms with E-state index in [1.165, 1.54) is 0 Å². The summed E-state index contributed by atoms with van der Waals surface area (Å²) in [7, 11) is 0. The number of benzene rings is 2. The number of rotatable bonds is 5. The fourth-order valence-electron chi connectivity index (χ4n) is 4.55. The van der Waals surface area contributed by atoms with Gasteiger partial charge < -0.3 is 19.8 Å². The molecule has 1 aromatic heterocycles. The predicted octanol–water partition coefficient (Wildman–Crippen LogP) is 2.09. The third kappa shape index (κ3) is 3.75. The van der Waals surface area contributed by atoms with E-state index < -0.39 is 30.1 Å². The van der Waals surface area contributed by atoms with Gasteiger partial charge in [0.1, 0.15) is 12.6 Å². The normalized spacial score (nSPS) is 18.9. The van der Waals surface area contributed by atoms with Gasteiger partial charge in [-0.3, -0.25) is 10.1 Å². The number of hydrogen-bond donors (Lipinski definition) is 3. The number of amides is 2. The number of ether oxygens (including phenoxy) is 1. The third-order valence-electron chi connectivity index (χ3n) is 6.08. The largest absolute Gasteiger partial charge is 0.480 e. The van der Waals surface area contributed by atoms with Crippen LogP contribution in [0.15, 0.2) is 53.2 Å². The number of aliphatic carboxylic acids is 1. The Morgan fingerprint density at radius 2 is 1.71 bits per heavy atom. The lowest BCUT2D eigenvalue weighted by Crippen LogP contribution is -2.41. The summed E-state index contributed by atoms with van der Waals surface area (Å²) >= 11 is 0. The van der Waals surface area contributed by atoms with Crippen molar-refractivity contribution in [2.45, 2.75) is 24.5 Å². The Labute approximate surface area is 192 Å². The molecule has 3 N–H and O–H groups in total. The molecule has 0 spiro atoms. The Hall–Kier alpha value is -4.25. The maximum atomic E-state index is 12.8. The van der Waals surface area contributed by atoms with Crippen molar-refractivity contribution in [3.63, 3.8) is 0 Å². The molecule has 1 aliphatic heterocycles. The highest BCUT2D eigenvalue weighted by Crippen LogP contribution is 2.44. The second-order valence-electron chi connectivity index (χ2n) is 8.11. The summed E-state index contributed by atoms with van der Waals surface area (Å²) in [6, 6.07) is 14.6. The van der Waals surface area contributed by atoms with Crippen LogP contribution in [0.5, 0.6) is 0 Å². The molecule has 1 saturated heterocycles. The van der Waals surface area contributed by atoms with E-state index in [4.69, 9.17) is 4.74 Å². The van der Waals surface area contributed by atoms with Crippen molar-refractivity contribution in [1.82, 2.24) is 15.2 Å². The van der Waals surface area contributed by atoms with E-state index in [2.05, 4.69) is 20.3 Å². The quantitative estimate of drug-likeness (QED) is 0.515. The molecular formula is C23H20N4O7. The van der Waals surface area contributed by atoms with Gasteiger partial charge in [-0.15, -0.1) is 0 Å². The molecule has 0 radical (unpaired) electrons.